The highest BCUT2D eigenvalue weighted by atomic mass is 16.3. The minimum absolute atomic E-state index is 0.128. The molecule has 1 unspecified atom stereocenters. The van der Waals surface area contributed by atoms with Crippen LogP contribution in [0.3, 0.4) is 0 Å². The number of aromatic hydroxyl groups is 3. The standard InChI is InChI=1S/C18H18N2O4/c1-9(2)13(10-6-4-3-5-7-10)17-19-11-8-12(21)15(22)16(23)14(11)18(24)20-17/h3-9,13,21-23H,1-2H3,(H,19,20,24). The lowest BCUT2D eigenvalue weighted by molar-refractivity contribution is 0.371. The first-order chi connectivity index (χ1) is 11.4. The Morgan fingerprint density at radius 3 is 2.33 bits per heavy atom. The molecule has 24 heavy (non-hydrogen) atoms. The van der Waals surface area contributed by atoms with Crippen molar-refractivity contribution in [2.75, 3.05) is 0 Å². The Bertz CT molecular complexity index is 949. The van der Waals surface area contributed by atoms with Gasteiger partial charge in [-0.3, -0.25) is 4.79 Å². The van der Waals surface area contributed by atoms with Crippen molar-refractivity contribution in [3.05, 3.63) is 58.1 Å². The molecule has 6 nitrogen and oxygen atoms in total. The fraction of sp³-hybridized carbons (Fsp3) is 0.222. The fourth-order valence-corrected chi connectivity index (χ4v) is 2.95. The van der Waals surface area contributed by atoms with Crippen LogP contribution in [0.1, 0.15) is 31.2 Å². The molecule has 0 spiro atoms. The van der Waals surface area contributed by atoms with E-state index in [1.807, 2.05) is 44.2 Å². The minimum Gasteiger partial charge on any atom is -0.504 e. The summed E-state index contributed by atoms with van der Waals surface area (Å²) in [6.07, 6.45) is 0. The highest BCUT2D eigenvalue weighted by molar-refractivity contribution is 5.88. The van der Waals surface area contributed by atoms with E-state index in [4.69, 9.17) is 0 Å². The number of aromatic amines is 1. The van der Waals surface area contributed by atoms with E-state index in [0.29, 0.717) is 5.82 Å². The molecular formula is C18H18N2O4. The van der Waals surface area contributed by atoms with Crippen molar-refractivity contribution in [2.45, 2.75) is 19.8 Å². The van der Waals surface area contributed by atoms with Crippen molar-refractivity contribution in [1.29, 1.82) is 0 Å². The largest absolute Gasteiger partial charge is 0.504 e. The van der Waals surface area contributed by atoms with E-state index in [2.05, 4.69) is 9.97 Å². The molecule has 1 heterocycles. The molecule has 3 aromatic rings. The van der Waals surface area contributed by atoms with Gasteiger partial charge in [0.25, 0.3) is 5.56 Å². The summed E-state index contributed by atoms with van der Waals surface area (Å²) in [5.41, 5.74) is 0.565. The average molecular weight is 326 g/mol. The van der Waals surface area contributed by atoms with Crippen LogP contribution in [0.4, 0.5) is 0 Å². The van der Waals surface area contributed by atoms with Crippen LogP contribution in [0.2, 0.25) is 0 Å². The third kappa shape index (κ3) is 2.56. The fourth-order valence-electron chi connectivity index (χ4n) is 2.95. The van der Waals surface area contributed by atoms with Gasteiger partial charge in [-0.1, -0.05) is 44.2 Å². The Balaban J connectivity index is 2.27. The van der Waals surface area contributed by atoms with Gasteiger partial charge in [0.2, 0.25) is 5.75 Å². The number of phenols is 3. The van der Waals surface area contributed by atoms with Gasteiger partial charge in [0.05, 0.1) is 5.52 Å². The van der Waals surface area contributed by atoms with Crippen molar-refractivity contribution in [1.82, 2.24) is 9.97 Å². The second-order valence-corrected chi connectivity index (χ2v) is 6.07. The lowest BCUT2D eigenvalue weighted by Gasteiger charge is -2.21. The zero-order valence-corrected chi connectivity index (χ0v) is 13.3. The summed E-state index contributed by atoms with van der Waals surface area (Å²) in [7, 11) is 0. The number of aromatic nitrogens is 2. The van der Waals surface area contributed by atoms with Gasteiger partial charge in [-0.15, -0.1) is 0 Å². The number of benzene rings is 2. The normalized spacial score (nSPS) is 12.6. The Morgan fingerprint density at radius 1 is 1.04 bits per heavy atom. The monoisotopic (exact) mass is 326 g/mol. The predicted octanol–water partition coefficient (Wildman–Crippen LogP) is 2.83. The molecule has 0 amide bonds. The maximum Gasteiger partial charge on any atom is 0.262 e. The van der Waals surface area contributed by atoms with Gasteiger partial charge in [0.1, 0.15) is 11.2 Å². The van der Waals surface area contributed by atoms with Crippen molar-refractivity contribution >= 4 is 10.9 Å². The molecule has 0 saturated heterocycles. The van der Waals surface area contributed by atoms with Gasteiger partial charge in [-0.05, 0) is 11.5 Å². The van der Waals surface area contributed by atoms with Crippen LogP contribution in [0.25, 0.3) is 10.9 Å². The van der Waals surface area contributed by atoms with Crippen LogP contribution in [-0.4, -0.2) is 25.3 Å². The molecular weight excluding hydrogens is 308 g/mol. The summed E-state index contributed by atoms with van der Waals surface area (Å²) in [4.78, 5) is 19.5. The summed E-state index contributed by atoms with van der Waals surface area (Å²) in [6, 6.07) is 10.8. The Morgan fingerprint density at radius 2 is 1.71 bits per heavy atom. The number of hydrogen-bond acceptors (Lipinski definition) is 5. The third-order valence-electron chi connectivity index (χ3n) is 4.06. The Labute approximate surface area is 138 Å². The molecule has 3 rings (SSSR count). The smallest absolute Gasteiger partial charge is 0.262 e. The number of nitrogens with zero attached hydrogens (tertiary/aromatic N) is 1. The van der Waals surface area contributed by atoms with E-state index in [0.717, 1.165) is 5.56 Å². The van der Waals surface area contributed by atoms with Crippen LogP contribution < -0.4 is 5.56 Å². The van der Waals surface area contributed by atoms with Crippen LogP contribution in [0.15, 0.2) is 41.2 Å². The molecule has 1 aromatic heterocycles. The number of hydrogen-bond donors (Lipinski definition) is 4. The molecule has 124 valence electrons. The number of rotatable bonds is 3. The molecule has 2 aromatic carbocycles. The van der Waals surface area contributed by atoms with E-state index in [-0.39, 0.29) is 22.7 Å². The number of H-pyrrole nitrogens is 1. The van der Waals surface area contributed by atoms with Gasteiger partial charge < -0.3 is 20.3 Å². The van der Waals surface area contributed by atoms with Crippen molar-refractivity contribution in [3.63, 3.8) is 0 Å². The maximum absolute atomic E-state index is 12.4. The summed E-state index contributed by atoms with van der Waals surface area (Å²) in [5, 5.41) is 29.0. The molecule has 0 saturated carbocycles. The van der Waals surface area contributed by atoms with Crippen molar-refractivity contribution in [3.8, 4) is 17.2 Å². The SMILES string of the molecule is CC(C)C(c1ccccc1)c1nc2cc(O)c(O)c(O)c2c(=O)[nH]1. The first-order valence-corrected chi connectivity index (χ1v) is 7.63. The Kier molecular flexibility index (Phi) is 3.89. The van der Waals surface area contributed by atoms with Gasteiger partial charge in [-0.25, -0.2) is 4.98 Å². The van der Waals surface area contributed by atoms with Gasteiger partial charge in [0, 0.05) is 12.0 Å². The number of nitrogens with one attached hydrogen (secondary N) is 1. The lowest BCUT2D eigenvalue weighted by atomic mass is 9.87. The van der Waals surface area contributed by atoms with Gasteiger partial charge in [-0.2, -0.15) is 0 Å². The summed E-state index contributed by atoms with van der Waals surface area (Å²) >= 11 is 0. The first kappa shape index (κ1) is 15.9. The van der Waals surface area contributed by atoms with Crippen LogP contribution in [0.5, 0.6) is 17.2 Å². The maximum atomic E-state index is 12.4. The topological polar surface area (TPSA) is 106 Å². The molecule has 0 bridgehead atoms. The Hall–Kier alpha value is -3.02. The number of fused-ring (bicyclic) bond motifs is 1. The van der Waals surface area contributed by atoms with Crippen molar-refractivity contribution in [2.24, 2.45) is 5.92 Å². The van der Waals surface area contributed by atoms with Crippen molar-refractivity contribution < 1.29 is 15.3 Å². The first-order valence-electron chi connectivity index (χ1n) is 7.63. The molecule has 4 N–H and O–H groups in total. The number of phenolic OH excluding ortho intramolecular Hbond substituents is 3. The van der Waals surface area contributed by atoms with E-state index in [1.54, 1.807) is 0 Å². The molecule has 0 aliphatic rings. The van der Waals surface area contributed by atoms with Gasteiger partial charge >= 0.3 is 0 Å². The minimum atomic E-state index is -0.731. The quantitative estimate of drug-likeness (QED) is 0.554. The highest BCUT2D eigenvalue weighted by Crippen LogP contribution is 2.39. The summed E-state index contributed by atoms with van der Waals surface area (Å²) in [6.45, 7) is 4.04. The second-order valence-electron chi connectivity index (χ2n) is 6.07. The predicted molar refractivity (Wildman–Crippen MR) is 90.5 cm³/mol. The van der Waals surface area contributed by atoms with E-state index >= 15 is 0 Å². The van der Waals surface area contributed by atoms with Gasteiger partial charge in [0.15, 0.2) is 11.5 Å². The van der Waals surface area contributed by atoms with Crippen LogP contribution in [0, 0.1) is 5.92 Å². The van der Waals surface area contributed by atoms with Crippen LogP contribution in [-0.2, 0) is 0 Å². The second kappa shape index (κ2) is 5.88. The summed E-state index contributed by atoms with van der Waals surface area (Å²) < 4.78 is 0. The van der Waals surface area contributed by atoms with E-state index in [9.17, 15) is 20.1 Å². The lowest BCUT2D eigenvalue weighted by Crippen LogP contribution is -2.19. The molecule has 0 radical (unpaired) electrons. The highest BCUT2D eigenvalue weighted by Gasteiger charge is 2.23. The van der Waals surface area contributed by atoms with E-state index < -0.39 is 22.8 Å². The molecule has 0 fully saturated rings. The molecule has 0 aliphatic carbocycles. The zero-order chi connectivity index (χ0) is 17.4. The zero-order valence-electron chi connectivity index (χ0n) is 13.3. The average Bonchev–Trinajstić information content (AvgIpc) is 2.53. The molecule has 1 atom stereocenters. The molecule has 0 aliphatic heterocycles. The summed E-state index contributed by atoms with van der Waals surface area (Å²) in [5.74, 6) is -1.48. The third-order valence-corrected chi connectivity index (χ3v) is 4.06. The van der Waals surface area contributed by atoms with Crippen LogP contribution >= 0.6 is 0 Å². The molecule has 6 heteroatoms. The van der Waals surface area contributed by atoms with E-state index in [1.165, 1.54) is 6.07 Å².